The summed E-state index contributed by atoms with van der Waals surface area (Å²) in [5.74, 6) is 0.778. The van der Waals surface area contributed by atoms with E-state index in [0.29, 0.717) is 0 Å². The minimum absolute atomic E-state index is 0.778. The summed E-state index contributed by atoms with van der Waals surface area (Å²) in [6, 6.07) is 10.9. The molecule has 88 valence electrons. The van der Waals surface area contributed by atoms with E-state index in [1.807, 2.05) is 0 Å². The van der Waals surface area contributed by atoms with Crippen molar-refractivity contribution in [3.8, 4) is 0 Å². The fourth-order valence-corrected chi connectivity index (χ4v) is 2.29. The fourth-order valence-electron chi connectivity index (χ4n) is 2.29. The topological polar surface area (TPSA) is 15.3 Å². The standard InChI is InChI=1S/C14H22N2/c1-2-15-9-6-10-16-11-14(12-16)13-7-4-3-5-8-13/h3-5,7-8,14-15H,2,6,9-12H2,1H3. The summed E-state index contributed by atoms with van der Waals surface area (Å²) in [7, 11) is 0. The summed E-state index contributed by atoms with van der Waals surface area (Å²) in [4.78, 5) is 2.55. The molecular weight excluding hydrogens is 196 g/mol. The van der Waals surface area contributed by atoms with Crippen LogP contribution in [0.15, 0.2) is 30.3 Å². The third kappa shape index (κ3) is 3.06. The Balaban J connectivity index is 1.63. The lowest BCUT2D eigenvalue weighted by atomic mass is 9.91. The van der Waals surface area contributed by atoms with E-state index in [4.69, 9.17) is 0 Å². The van der Waals surface area contributed by atoms with Gasteiger partial charge in [-0.25, -0.2) is 0 Å². The molecule has 0 saturated carbocycles. The predicted octanol–water partition coefficient (Wildman–Crippen LogP) is 2.09. The Bertz CT molecular complexity index is 291. The predicted molar refractivity (Wildman–Crippen MR) is 68.8 cm³/mol. The van der Waals surface area contributed by atoms with Crippen molar-refractivity contribution in [3.05, 3.63) is 35.9 Å². The molecule has 1 aromatic carbocycles. The number of nitrogens with zero attached hydrogens (tertiary/aromatic N) is 1. The first-order chi connectivity index (χ1) is 7.90. The van der Waals surface area contributed by atoms with Crippen LogP contribution in [0, 0.1) is 0 Å². The summed E-state index contributed by atoms with van der Waals surface area (Å²) < 4.78 is 0. The van der Waals surface area contributed by atoms with Crippen molar-refractivity contribution < 1.29 is 0 Å². The van der Waals surface area contributed by atoms with E-state index in [0.717, 1.165) is 19.0 Å². The Hall–Kier alpha value is -0.860. The highest BCUT2D eigenvalue weighted by Crippen LogP contribution is 2.26. The molecule has 0 spiro atoms. The lowest BCUT2D eigenvalue weighted by Crippen LogP contribution is -2.45. The SMILES string of the molecule is CCNCCCN1CC(c2ccccc2)C1. The van der Waals surface area contributed by atoms with Crippen LogP contribution < -0.4 is 5.32 Å². The third-order valence-corrected chi connectivity index (χ3v) is 3.31. The zero-order valence-electron chi connectivity index (χ0n) is 10.2. The molecule has 0 atom stereocenters. The van der Waals surface area contributed by atoms with Crippen LogP contribution in [0.1, 0.15) is 24.8 Å². The monoisotopic (exact) mass is 218 g/mol. The minimum atomic E-state index is 0.778. The average molecular weight is 218 g/mol. The molecule has 0 bridgehead atoms. The smallest absolute Gasteiger partial charge is 0.00936 e. The second-order valence-electron chi connectivity index (χ2n) is 4.57. The van der Waals surface area contributed by atoms with Gasteiger partial charge >= 0.3 is 0 Å². The highest BCUT2D eigenvalue weighted by Gasteiger charge is 2.26. The van der Waals surface area contributed by atoms with Gasteiger partial charge in [-0.3, -0.25) is 0 Å². The van der Waals surface area contributed by atoms with Gasteiger partial charge in [-0.05, 0) is 31.6 Å². The Morgan fingerprint density at radius 1 is 1.25 bits per heavy atom. The van der Waals surface area contributed by atoms with E-state index in [2.05, 4.69) is 47.5 Å². The molecule has 2 heteroatoms. The zero-order chi connectivity index (χ0) is 11.2. The molecule has 1 fully saturated rings. The summed E-state index contributed by atoms with van der Waals surface area (Å²) in [6.45, 7) is 8.15. The molecule has 0 amide bonds. The summed E-state index contributed by atoms with van der Waals surface area (Å²) >= 11 is 0. The second kappa shape index (κ2) is 6.02. The first-order valence-electron chi connectivity index (χ1n) is 6.38. The number of nitrogens with one attached hydrogen (secondary N) is 1. The van der Waals surface area contributed by atoms with Gasteiger partial charge in [0.1, 0.15) is 0 Å². The van der Waals surface area contributed by atoms with Gasteiger partial charge in [0.25, 0.3) is 0 Å². The normalized spacial score (nSPS) is 17.3. The van der Waals surface area contributed by atoms with E-state index in [9.17, 15) is 0 Å². The van der Waals surface area contributed by atoms with Gasteiger partial charge in [-0.15, -0.1) is 0 Å². The van der Waals surface area contributed by atoms with Crippen molar-refractivity contribution >= 4 is 0 Å². The van der Waals surface area contributed by atoms with Gasteiger partial charge in [0.05, 0.1) is 0 Å². The van der Waals surface area contributed by atoms with Crippen LogP contribution in [-0.2, 0) is 0 Å². The molecule has 2 rings (SSSR count). The molecule has 1 heterocycles. The van der Waals surface area contributed by atoms with E-state index in [1.54, 1.807) is 0 Å². The van der Waals surface area contributed by atoms with Gasteiger partial charge in [0, 0.05) is 19.0 Å². The first-order valence-corrected chi connectivity index (χ1v) is 6.38. The quantitative estimate of drug-likeness (QED) is 0.736. The minimum Gasteiger partial charge on any atom is -0.317 e. The van der Waals surface area contributed by atoms with Gasteiger partial charge < -0.3 is 10.2 Å². The maximum atomic E-state index is 3.37. The van der Waals surface area contributed by atoms with Crippen LogP contribution in [0.2, 0.25) is 0 Å². The maximum Gasteiger partial charge on any atom is 0.00936 e. The molecule has 1 saturated heterocycles. The second-order valence-corrected chi connectivity index (χ2v) is 4.57. The molecular formula is C14H22N2. The van der Waals surface area contributed by atoms with Crippen molar-refractivity contribution in [2.75, 3.05) is 32.7 Å². The van der Waals surface area contributed by atoms with Crippen molar-refractivity contribution in [3.63, 3.8) is 0 Å². The van der Waals surface area contributed by atoms with Crippen LogP contribution >= 0.6 is 0 Å². The molecule has 2 nitrogen and oxygen atoms in total. The Labute approximate surface area is 98.7 Å². The van der Waals surface area contributed by atoms with Gasteiger partial charge in [0.2, 0.25) is 0 Å². The van der Waals surface area contributed by atoms with E-state index in [1.165, 1.54) is 31.6 Å². The molecule has 0 aliphatic carbocycles. The number of likely N-dealkylation sites (tertiary alicyclic amines) is 1. The number of hydrogen-bond donors (Lipinski definition) is 1. The maximum absolute atomic E-state index is 3.37. The Morgan fingerprint density at radius 3 is 2.69 bits per heavy atom. The molecule has 0 radical (unpaired) electrons. The van der Waals surface area contributed by atoms with Crippen LogP contribution in [0.4, 0.5) is 0 Å². The van der Waals surface area contributed by atoms with E-state index < -0.39 is 0 Å². The Kier molecular flexibility index (Phi) is 4.37. The summed E-state index contributed by atoms with van der Waals surface area (Å²) in [6.07, 6.45) is 1.27. The van der Waals surface area contributed by atoms with Crippen molar-refractivity contribution in [1.82, 2.24) is 10.2 Å². The Morgan fingerprint density at radius 2 is 2.00 bits per heavy atom. The molecule has 0 unspecified atom stereocenters. The first kappa shape index (κ1) is 11.6. The van der Waals surface area contributed by atoms with Crippen LogP contribution in [0.5, 0.6) is 0 Å². The van der Waals surface area contributed by atoms with Gasteiger partial charge in [0.15, 0.2) is 0 Å². The molecule has 16 heavy (non-hydrogen) atoms. The fraction of sp³-hybridized carbons (Fsp3) is 0.571. The lowest BCUT2D eigenvalue weighted by Gasteiger charge is -2.39. The molecule has 1 aliphatic rings. The van der Waals surface area contributed by atoms with Crippen molar-refractivity contribution in [1.29, 1.82) is 0 Å². The highest BCUT2D eigenvalue weighted by atomic mass is 15.2. The third-order valence-electron chi connectivity index (χ3n) is 3.31. The van der Waals surface area contributed by atoms with Crippen molar-refractivity contribution in [2.45, 2.75) is 19.3 Å². The highest BCUT2D eigenvalue weighted by molar-refractivity contribution is 5.22. The van der Waals surface area contributed by atoms with Crippen LogP contribution in [0.3, 0.4) is 0 Å². The van der Waals surface area contributed by atoms with Crippen molar-refractivity contribution in [2.24, 2.45) is 0 Å². The molecule has 1 aliphatic heterocycles. The summed E-state index contributed by atoms with van der Waals surface area (Å²) in [5.41, 5.74) is 1.51. The zero-order valence-corrected chi connectivity index (χ0v) is 10.2. The molecule has 1 aromatic rings. The largest absolute Gasteiger partial charge is 0.317 e. The summed E-state index contributed by atoms with van der Waals surface area (Å²) in [5, 5.41) is 3.37. The molecule has 1 N–H and O–H groups in total. The number of hydrogen-bond acceptors (Lipinski definition) is 2. The van der Waals surface area contributed by atoms with Crippen LogP contribution in [-0.4, -0.2) is 37.6 Å². The average Bonchev–Trinajstić information content (AvgIpc) is 2.28. The van der Waals surface area contributed by atoms with E-state index in [-0.39, 0.29) is 0 Å². The number of benzene rings is 1. The van der Waals surface area contributed by atoms with Gasteiger partial charge in [-0.2, -0.15) is 0 Å². The van der Waals surface area contributed by atoms with Gasteiger partial charge in [-0.1, -0.05) is 37.3 Å². The molecule has 0 aromatic heterocycles. The van der Waals surface area contributed by atoms with Crippen LogP contribution in [0.25, 0.3) is 0 Å². The van der Waals surface area contributed by atoms with E-state index >= 15 is 0 Å². The number of rotatable bonds is 6. The lowest BCUT2D eigenvalue weighted by molar-refractivity contribution is 0.146.